The summed E-state index contributed by atoms with van der Waals surface area (Å²) >= 11 is 0. The Morgan fingerprint density at radius 2 is 1.50 bits per heavy atom. The zero-order chi connectivity index (χ0) is 12.1. The molecule has 1 aliphatic heterocycles. The summed E-state index contributed by atoms with van der Waals surface area (Å²) in [5, 5.41) is 9.74. The smallest absolute Gasteiger partial charge is 0.184 e. The van der Waals surface area contributed by atoms with Crippen molar-refractivity contribution in [3.63, 3.8) is 0 Å². The van der Waals surface area contributed by atoms with Gasteiger partial charge in [0.2, 0.25) is 0 Å². The normalized spacial score (nSPS) is 39.9. The van der Waals surface area contributed by atoms with Gasteiger partial charge in [0.1, 0.15) is 24.4 Å². The maximum Gasteiger partial charge on any atom is 0.184 e. The molecule has 1 aliphatic rings. The number of aliphatic hydroxyl groups excluding tert-OH is 1. The van der Waals surface area contributed by atoms with Crippen LogP contribution in [0.5, 0.6) is 0 Å². The molecule has 6 heteroatoms. The molecule has 5 atom stereocenters. The van der Waals surface area contributed by atoms with Crippen molar-refractivity contribution in [1.82, 2.24) is 0 Å². The Kier molecular flexibility index (Phi) is 5.60. The van der Waals surface area contributed by atoms with Gasteiger partial charge in [0.15, 0.2) is 6.29 Å². The Bertz CT molecular complexity index is 200. The quantitative estimate of drug-likeness (QED) is 0.687. The van der Waals surface area contributed by atoms with E-state index in [1.807, 2.05) is 0 Å². The van der Waals surface area contributed by atoms with E-state index in [9.17, 15) is 5.11 Å². The first-order chi connectivity index (χ1) is 7.69. The van der Waals surface area contributed by atoms with E-state index < -0.39 is 12.4 Å². The highest BCUT2D eigenvalue weighted by Crippen LogP contribution is 2.25. The molecule has 96 valence electrons. The van der Waals surface area contributed by atoms with E-state index >= 15 is 0 Å². The van der Waals surface area contributed by atoms with E-state index in [4.69, 9.17) is 23.7 Å². The van der Waals surface area contributed by atoms with Crippen LogP contribution in [0.15, 0.2) is 0 Å². The molecule has 0 saturated carbocycles. The lowest BCUT2D eigenvalue weighted by Gasteiger charge is -2.42. The molecule has 0 radical (unpaired) electrons. The molecule has 0 aliphatic carbocycles. The molecule has 0 aromatic carbocycles. The highest BCUT2D eigenvalue weighted by Gasteiger charge is 2.46. The van der Waals surface area contributed by atoms with Crippen molar-refractivity contribution >= 4 is 0 Å². The number of hydrogen-bond acceptors (Lipinski definition) is 6. The lowest BCUT2D eigenvalue weighted by molar-refractivity contribution is -0.300. The van der Waals surface area contributed by atoms with Gasteiger partial charge in [0, 0.05) is 28.4 Å². The van der Waals surface area contributed by atoms with Gasteiger partial charge in [-0.1, -0.05) is 0 Å². The maximum atomic E-state index is 9.74. The van der Waals surface area contributed by atoms with E-state index in [-0.39, 0.29) is 18.3 Å². The fourth-order valence-corrected chi connectivity index (χ4v) is 2.00. The van der Waals surface area contributed by atoms with Crippen LogP contribution in [0.4, 0.5) is 0 Å². The fraction of sp³-hybridized carbons (Fsp3) is 1.00. The van der Waals surface area contributed by atoms with Crippen LogP contribution in [0.2, 0.25) is 0 Å². The summed E-state index contributed by atoms with van der Waals surface area (Å²) < 4.78 is 26.1. The highest BCUT2D eigenvalue weighted by atomic mass is 16.7. The molecule has 6 nitrogen and oxygen atoms in total. The van der Waals surface area contributed by atoms with Crippen LogP contribution in [-0.2, 0) is 23.7 Å². The second-order valence-electron chi connectivity index (χ2n) is 3.62. The Hall–Kier alpha value is -0.240. The summed E-state index contributed by atoms with van der Waals surface area (Å²) in [5.74, 6) is 0. The van der Waals surface area contributed by atoms with Crippen LogP contribution in [0.25, 0.3) is 0 Å². The van der Waals surface area contributed by atoms with Crippen LogP contribution in [-0.4, -0.2) is 70.9 Å². The molecular formula is C10H20O6. The maximum absolute atomic E-state index is 9.74. The molecule has 0 aromatic rings. The molecule has 1 rings (SSSR count). The monoisotopic (exact) mass is 236 g/mol. The number of ether oxygens (including phenoxy) is 5. The zero-order valence-corrected chi connectivity index (χ0v) is 10.1. The molecule has 0 bridgehead atoms. The molecule has 1 N–H and O–H groups in total. The van der Waals surface area contributed by atoms with Crippen LogP contribution >= 0.6 is 0 Å². The lowest BCUT2D eigenvalue weighted by Crippen LogP contribution is -2.60. The van der Waals surface area contributed by atoms with E-state index in [0.717, 1.165) is 0 Å². The van der Waals surface area contributed by atoms with Crippen molar-refractivity contribution in [2.24, 2.45) is 0 Å². The minimum absolute atomic E-state index is 0.325. The molecule has 1 fully saturated rings. The van der Waals surface area contributed by atoms with Gasteiger partial charge >= 0.3 is 0 Å². The summed E-state index contributed by atoms with van der Waals surface area (Å²) in [6, 6.07) is 0. The number of rotatable bonds is 5. The Morgan fingerprint density at radius 1 is 0.938 bits per heavy atom. The van der Waals surface area contributed by atoms with Crippen LogP contribution in [0, 0.1) is 0 Å². The largest absolute Gasteiger partial charge is 0.382 e. The van der Waals surface area contributed by atoms with E-state index in [1.54, 1.807) is 21.3 Å². The Balaban J connectivity index is 2.78. The summed E-state index contributed by atoms with van der Waals surface area (Å²) in [7, 11) is 6.16. The minimum atomic E-state index is -1.04. The van der Waals surface area contributed by atoms with Gasteiger partial charge in [-0.2, -0.15) is 0 Å². The van der Waals surface area contributed by atoms with Crippen molar-refractivity contribution < 1.29 is 28.8 Å². The first-order valence-electron chi connectivity index (χ1n) is 5.10. The lowest BCUT2D eigenvalue weighted by atomic mass is 9.98. The summed E-state index contributed by atoms with van der Waals surface area (Å²) in [5.41, 5.74) is 0. The summed E-state index contributed by atoms with van der Waals surface area (Å²) in [6.07, 6.45) is -2.71. The summed E-state index contributed by atoms with van der Waals surface area (Å²) in [6.45, 7) is 0.325. The first kappa shape index (κ1) is 13.8. The van der Waals surface area contributed by atoms with Crippen LogP contribution in [0.3, 0.4) is 0 Å². The molecule has 16 heavy (non-hydrogen) atoms. The third-order valence-electron chi connectivity index (χ3n) is 2.76. The number of methoxy groups -OCH3 is 4. The van der Waals surface area contributed by atoms with Crippen molar-refractivity contribution in [2.45, 2.75) is 30.7 Å². The van der Waals surface area contributed by atoms with Gasteiger partial charge in [0.25, 0.3) is 0 Å². The van der Waals surface area contributed by atoms with Crippen LogP contribution in [0.1, 0.15) is 0 Å². The third-order valence-corrected chi connectivity index (χ3v) is 2.76. The van der Waals surface area contributed by atoms with Gasteiger partial charge in [-0.3, -0.25) is 0 Å². The second-order valence-corrected chi connectivity index (χ2v) is 3.62. The van der Waals surface area contributed by atoms with Crippen molar-refractivity contribution in [1.29, 1.82) is 0 Å². The zero-order valence-electron chi connectivity index (χ0n) is 10.1. The van der Waals surface area contributed by atoms with Crippen molar-refractivity contribution in [3.8, 4) is 0 Å². The highest BCUT2D eigenvalue weighted by molar-refractivity contribution is 4.91. The molecule has 0 spiro atoms. The predicted octanol–water partition coefficient (Wildman–Crippen LogP) is -0.605. The topological polar surface area (TPSA) is 66.4 Å². The predicted molar refractivity (Wildman–Crippen MR) is 55.1 cm³/mol. The molecule has 0 aromatic heterocycles. The fourth-order valence-electron chi connectivity index (χ4n) is 2.00. The van der Waals surface area contributed by atoms with Gasteiger partial charge < -0.3 is 28.8 Å². The van der Waals surface area contributed by atoms with E-state index in [1.165, 1.54) is 7.11 Å². The standard InChI is InChI=1S/C10H20O6/c1-12-5-6-7(13-2)8(14-3)9(15-4)10(11)16-6/h6-11H,5H2,1-4H3/t6?,7-,8+,9?,10?/m1/s1. The average Bonchev–Trinajstić information content (AvgIpc) is 2.28. The van der Waals surface area contributed by atoms with Gasteiger partial charge in [-0.25, -0.2) is 0 Å². The third kappa shape index (κ3) is 2.71. The molecule has 0 amide bonds. The van der Waals surface area contributed by atoms with Gasteiger partial charge in [0.05, 0.1) is 6.61 Å². The van der Waals surface area contributed by atoms with Gasteiger partial charge in [-0.15, -0.1) is 0 Å². The van der Waals surface area contributed by atoms with Crippen molar-refractivity contribution in [3.05, 3.63) is 0 Å². The number of hydrogen-bond donors (Lipinski definition) is 1. The van der Waals surface area contributed by atoms with Crippen LogP contribution < -0.4 is 0 Å². The van der Waals surface area contributed by atoms with Gasteiger partial charge in [-0.05, 0) is 0 Å². The minimum Gasteiger partial charge on any atom is -0.382 e. The summed E-state index contributed by atoms with van der Waals surface area (Å²) in [4.78, 5) is 0. The van der Waals surface area contributed by atoms with Crippen molar-refractivity contribution in [2.75, 3.05) is 35.0 Å². The number of aliphatic hydroxyl groups is 1. The SMILES string of the molecule is COCC1OC(O)C(OC)[C@@H](OC)[C@@H]1OC. The van der Waals surface area contributed by atoms with E-state index in [2.05, 4.69) is 0 Å². The Labute approximate surface area is 95.4 Å². The Morgan fingerprint density at radius 3 is 1.94 bits per heavy atom. The van der Waals surface area contributed by atoms with E-state index in [0.29, 0.717) is 6.61 Å². The average molecular weight is 236 g/mol. The second kappa shape index (κ2) is 6.48. The molecule has 3 unspecified atom stereocenters. The molecule has 1 heterocycles. The first-order valence-corrected chi connectivity index (χ1v) is 5.10. The molecule has 1 saturated heterocycles. The molecular weight excluding hydrogens is 216 g/mol.